The Labute approximate surface area is 172 Å². The van der Waals surface area contributed by atoms with Gasteiger partial charge in [0.1, 0.15) is 0 Å². The Morgan fingerprint density at radius 2 is 1.57 bits per heavy atom. The largest absolute Gasteiger partial charge is 0.334 e. The predicted octanol–water partition coefficient (Wildman–Crippen LogP) is 3.45. The topological polar surface area (TPSA) is 102 Å². The van der Waals surface area contributed by atoms with Gasteiger partial charge in [0.15, 0.2) is 5.82 Å². The molecule has 0 unspecified atom stereocenters. The van der Waals surface area contributed by atoms with Gasteiger partial charge in [-0.25, -0.2) is 8.42 Å². The van der Waals surface area contributed by atoms with E-state index in [-0.39, 0.29) is 12.4 Å². The van der Waals surface area contributed by atoms with Crippen LogP contribution < -0.4 is 5.73 Å². The molecule has 1 aliphatic carbocycles. The molecule has 2 heterocycles. The molecule has 1 saturated carbocycles. The van der Waals surface area contributed by atoms with Gasteiger partial charge >= 0.3 is 0 Å². The van der Waals surface area contributed by atoms with Crippen LogP contribution in [0.2, 0.25) is 0 Å². The van der Waals surface area contributed by atoms with Gasteiger partial charge in [0.25, 0.3) is 5.89 Å². The molecule has 0 atom stereocenters. The molecule has 0 bridgehead atoms. The van der Waals surface area contributed by atoms with Crippen LogP contribution in [0.3, 0.4) is 0 Å². The zero-order chi connectivity index (χ0) is 18.9. The molecule has 2 aromatic rings. The van der Waals surface area contributed by atoms with Crippen LogP contribution in [0, 0.1) is 0 Å². The third-order valence-corrected chi connectivity index (χ3v) is 7.58. The van der Waals surface area contributed by atoms with E-state index >= 15 is 0 Å². The van der Waals surface area contributed by atoms with Crippen LogP contribution in [-0.2, 0) is 15.6 Å². The van der Waals surface area contributed by atoms with E-state index in [0.29, 0.717) is 35.3 Å². The van der Waals surface area contributed by atoms with Crippen LogP contribution in [-0.4, -0.2) is 36.0 Å². The molecule has 1 aromatic heterocycles. The maximum atomic E-state index is 12.9. The van der Waals surface area contributed by atoms with Crippen LogP contribution in [0.1, 0.15) is 57.2 Å². The second-order valence-electron chi connectivity index (χ2n) is 7.63. The molecule has 4 rings (SSSR count). The van der Waals surface area contributed by atoms with Crippen LogP contribution in [0.5, 0.6) is 0 Å². The number of nitrogens with zero attached hydrogens (tertiary/aromatic N) is 3. The van der Waals surface area contributed by atoms with Crippen molar-refractivity contribution in [2.45, 2.75) is 61.8 Å². The summed E-state index contributed by atoms with van der Waals surface area (Å²) in [7, 11) is -3.46. The number of hydrogen-bond donors (Lipinski definition) is 1. The molecule has 0 amide bonds. The minimum atomic E-state index is -3.46. The molecule has 1 saturated heterocycles. The summed E-state index contributed by atoms with van der Waals surface area (Å²) < 4.78 is 32.7. The van der Waals surface area contributed by atoms with Crippen LogP contribution in [0.15, 0.2) is 33.7 Å². The highest BCUT2D eigenvalue weighted by atomic mass is 35.5. The lowest BCUT2D eigenvalue weighted by Crippen LogP contribution is -2.34. The Bertz CT molecular complexity index is 884. The van der Waals surface area contributed by atoms with Crippen molar-refractivity contribution in [3.05, 3.63) is 30.1 Å². The summed E-state index contributed by atoms with van der Waals surface area (Å²) in [5.41, 5.74) is 6.58. The van der Waals surface area contributed by atoms with Crippen molar-refractivity contribution in [2.75, 3.05) is 13.1 Å². The van der Waals surface area contributed by atoms with Gasteiger partial charge in [-0.1, -0.05) is 30.8 Å². The summed E-state index contributed by atoms with van der Waals surface area (Å²) in [4.78, 5) is 4.77. The lowest BCUT2D eigenvalue weighted by molar-refractivity contribution is 0.372. The second kappa shape index (κ2) is 8.49. The molecule has 28 heavy (non-hydrogen) atoms. The zero-order valence-corrected chi connectivity index (χ0v) is 17.5. The second-order valence-corrected chi connectivity index (χ2v) is 9.57. The summed E-state index contributed by atoms with van der Waals surface area (Å²) in [6.07, 6.45) is 7.89. The molecule has 1 aromatic carbocycles. The van der Waals surface area contributed by atoms with Crippen molar-refractivity contribution in [2.24, 2.45) is 5.73 Å². The lowest BCUT2D eigenvalue weighted by Gasteiger charge is -2.19. The first-order chi connectivity index (χ1) is 13.0. The molecule has 9 heteroatoms. The van der Waals surface area contributed by atoms with Crippen LogP contribution >= 0.6 is 12.4 Å². The first-order valence-corrected chi connectivity index (χ1v) is 11.2. The fourth-order valence-electron chi connectivity index (χ4n) is 3.97. The number of halogens is 1. The van der Waals surface area contributed by atoms with Gasteiger partial charge in [-0.3, -0.25) is 0 Å². The normalized spacial score (nSPS) is 20.5. The van der Waals surface area contributed by atoms with E-state index < -0.39 is 15.6 Å². The minimum absolute atomic E-state index is 0. The number of sulfonamides is 1. The Morgan fingerprint density at radius 1 is 0.964 bits per heavy atom. The molecule has 2 N–H and O–H groups in total. The van der Waals surface area contributed by atoms with Crippen LogP contribution in [0.4, 0.5) is 0 Å². The van der Waals surface area contributed by atoms with E-state index in [9.17, 15) is 8.42 Å². The fourth-order valence-corrected chi connectivity index (χ4v) is 5.49. The minimum Gasteiger partial charge on any atom is -0.334 e. The lowest BCUT2D eigenvalue weighted by atomic mass is 9.99. The molecular weight excluding hydrogens is 400 g/mol. The van der Waals surface area contributed by atoms with Gasteiger partial charge in [0.2, 0.25) is 10.0 Å². The Morgan fingerprint density at radius 3 is 2.18 bits per heavy atom. The summed E-state index contributed by atoms with van der Waals surface area (Å²) in [6.45, 7) is 1.19. The van der Waals surface area contributed by atoms with Crippen molar-refractivity contribution in [1.29, 1.82) is 0 Å². The van der Waals surface area contributed by atoms with E-state index in [1.54, 1.807) is 28.6 Å². The van der Waals surface area contributed by atoms with Crippen LogP contribution in [0.25, 0.3) is 11.5 Å². The van der Waals surface area contributed by atoms with Gasteiger partial charge in [0, 0.05) is 18.7 Å². The highest BCUT2D eigenvalue weighted by Gasteiger charge is 2.36. The highest BCUT2D eigenvalue weighted by molar-refractivity contribution is 7.89. The first-order valence-electron chi connectivity index (χ1n) is 9.73. The average Bonchev–Trinajstić information content (AvgIpc) is 3.25. The monoisotopic (exact) mass is 426 g/mol. The molecule has 2 fully saturated rings. The Kier molecular flexibility index (Phi) is 6.44. The quantitative estimate of drug-likeness (QED) is 0.803. The van der Waals surface area contributed by atoms with Gasteiger partial charge in [-0.2, -0.15) is 9.29 Å². The van der Waals surface area contributed by atoms with Gasteiger partial charge in [-0.05, 0) is 49.9 Å². The number of hydrogen-bond acceptors (Lipinski definition) is 6. The molecule has 0 radical (unpaired) electrons. The summed E-state index contributed by atoms with van der Waals surface area (Å²) in [6, 6.07) is 6.68. The third-order valence-electron chi connectivity index (χ3n) is 5.67. The smallest absolute Gasteiger partial charge is 0.257 e. The highest BCUT2D eigenvalue weighted by Crippen LogP contribution is 2.35. The number of benzene rings is 1. The van der Waals surface area contributed by atoms with Gasteiger partial charge in [-0.15, -0.1) is 12.4 Å². The van der Waals surface area contributed by atoms with Crippen molar-refractivity contribution in [1.82, 2.24) is 14.4 Å². The molecular formula is C19H27ClN4O3S. The summed E-state index contributed by atoms with van der Waals surface area (Å²) >= 11 is 0. The zero-order valence-electron chi connectivity index (χ0n) is 15.8. The molecule has 0 spiro atoms. The van der Waals surface area contributed by atoms with E-state index in [1.807, 2.05) is 0 Å². The van der Waals surface area contributed by atoms with Crippen molar-refractivity contribution < 1.29 is 12.9 Å². The van der Waals surface area contributed by atoms with Crippen molar-refractivity contribution >= 4 is 22.4 Å². The average molecular weight is 427 g/mol. The fraction of sp³-hybridized carbons (Fsp3) is 0.579. The maximum absolute atomic E-state index is 12.9. The van der Waals surface area contributed by atoms with Crippen molar-refractivity contribution in [3.8, 4) is 11.5 Å². The molecule has 1 aliphatic heterocycles. The Balaban J connectivity index is 0.00000225. The number of rotatable bonds is 4. The van der Waals surface area contributed by atoms with E-state index in [0.717, 1.165) is 51.4 Å². The number of aromatic nitrogens is 2. The van der Waals surface area contributed by atoms with E-state index in [2.05, 4.69) is 10.1 Å². The third kappa shape index (κ3) is 4.10. The first kappa shape index (κ1) is 21.2. The molecule has 2 aliphatic rings. The summed E-state index contributed by atoms with van der Waals surface area (Å²) in [5, 5.41) is 4.06. The van der Waals surface area contributed by atoms with Gasteiger partial charge in [0.05, 0.1) is 10.4 Å². The molecule has 7 nitrogen and oxygen atoms in total. The SMILES string of the molecule is Cl.NC1(c2noc(-c3ccc(S(=O)(=O)N4CCCCCC4)cc3)n2)CCCC1. The molecule has 154 valence electrons. The van der Waals surface area contributed by atoms with Gasteiger partial charge < -0.3 is 10.3 Å². The van der Waals surface area contributed by atoms with Crippen molar-refractivity contribution in [3.63, 3.8) is 0 Å². The number of nitrogens with two attached hydrogens (primary N) is 1. The van der Waals surface area contributed by atoms with E-state index in [4.69, 9.17) is 10.3 Å². The Hall–Kier alpha value is -1.48. The van der Waals surface area contributed by atoms with E-state index in [1.165, 1.54) is 0 Å². The predicted molar refractivity (Wildman–Crippen MR) is 109 cm³/mol. The maximum Gasteiger partial charge on any atom is 0.257 e. The summed E-state index contributed by atoms with van der Waals surface area (Å²) in [5.74, 6) is 0.914. The standard InChI is InChI=1S/C19H26N4O3S.ClH/c20-19(11-3-4-12-19)18-21-17(26-22-18)15-7-9-16(10-8-15)27(24,25)23-13-5-1-2-6-14-23;/h7-10H,1-6,11-14,20H2;1H.